The zero-order chi connectivity index (χ0) is 9.78. The smallest absolute Gasteiger partial charge is 0.383 e. The van der Waals surface area contributed by atoms with Crippen molar-refractivity contribution >= 4 is 8.72 Å². The van der Waals surface area contributed by atoms with Gasteiger partial charge in [-0.05, 0) is 25.7 Å². The maximum Gasteiger partial charge on any atom is 0.457 e. The largest absolute Gasteiger partial charge is 0.457 e. The van der Waals surface area contributed by atoms with Crippen LogP contribution in [0.1, 0.15) is 13.3 Å². The van der Waals surface area contributed by atoms with Crippen molar-refractivity contribution in [2.45, 2.75) is 13.3 Å². The molecule has 0 radical (unpaired) electrons. The van der Waals surface area contributed by atoms with Crippen LogP contribution in [0, 0.1) is 0 Å². The third kappa shape index (κ3) is 1.95. The maximum absolute atomic E-state index is 5.44. The van der Waals surface area contributed by atoms with Crippen molar-refractivity contribution in [2.24, 2.45) is 0 Å². The average molecular weight is 189 g/mol. The molecule has 0 atom stereocenters. The second-order valence-electron chi connectivity index (χ2n) is 2.84. The fourth-order valence-corrected chi connectivity index (χ4v) is 3.83. The quantitative estimate of drug-likeness (QED) is 0.608. The Morgan fingerprint density at radius 1 is 1.33 bits per heavy atom. The molecule has 0 amide bonds. The number of allylic oxidation sites excluding steroid dienone is 1. The molecule has 4 heteroatoms. The minimum atomic E-state index is -2.29. The highest BCUT2D eigenvalue weighted by Gasteiger charge is 2.41. The molecule has 3 nitrogen and oxygen atoms in total. The Hall–Kier alpha value is -0.163. The van der Waals surface area contributed by atoms with Crippen LogP contribution in [0.25, 0.3) is 0 Å². The Labute approximate surface area is 76.3 Å². The molecule has 0 bridgehead atoms. The van der Waals surface area contributed by atoms with Crippen molar-refractivity contribution in [3.8, 4) is 0 Å². The summed E-state index contributed by atoms with van der Waals surface area (Å²) < 4.78 is 12.9. The van der Waals surface area contributed by atoms with Crippen LogP contribution in [0.5, 0.6) is 0 Å². The number of hydrogen-bond acceptors (Lipinski definition) is 3. The Morgan fingerprint density at radius 3 is 1.83 bits per heavy atom. The number of hydrogen-bond donors (Lipinski definition) is 0. The van der Waals surface area contributed by atoms with Gasteiger partial charge in [0.2, 0.25) is 0 Å². The molecule has 12 heavy (non-hydrogen) atoms. The van der Waals surface area contributed by atoms with E-state index in [1.165, 1.54) is 0 Å². The summed E-state index contributed by atoms with van der Waals surface area (Å²) in [5.74, 6) is 0. The van der Waals surface area contributed by atoms with Crippen LogP contribution in [0.4, 0.5) is 0 Å². The van der Waals surface area contributed by atoms with Gasteiger partial charge in [-0.15, -0.1) is 0 Å². The first-order valence-electron chi connectivity index (χ1n) is 4.01. The Morgan fingerprint density at radius 2 is 1.75 bits per heavy atom. The summed E-state index contributed by atoms with van der Waals surface area (Å²) in [6.07, 6.45) is 0.895. The van der Waals surface area contributed by atoms with Crippen LogP contribution >= 0.6 is 0 Å². The van der Waals surface area contributed by atoms with E-state index >= 15 is 0 Å². The summed E-state index contributed by atoms with van der Waals surface area (Å²) in [5.41, 5.74) is 0. The zero-order valence-electron chi connectivity index (χ0n) is 8.68. The van der Waals surface area contributed by atoms with Crippen molar-refractivity contribution in [1.82, 2.24) is 4.57 Å². The van der Waals surface area contributed by atoms with E-state index in [2.05, 4.69) is 13.5 Å². The van der Waals surface area contributed by atoms with Gasteiger partial charge in [0.05, 0.1) is 0 Å². The Bertz CT molecular complexity index is 155. The minimum Gasteiger partial charge on any atom is -0.383 e. The van der Waals surface area contributed by atoms with Crippen LogP contribution in [0.15, 0.2) is 11.8 Å². The van der Waals surface area contributed by atoms with Crippen molar-refractivity contribution in [3.63, 3.8) is 0 Å². The van der Waals surface area contributed by atoms with Crippen molar-refractivity contribution in [1.29, 1.82) is 0 Å². The lowest BCUT2D eigenvalue weighted by Crippen LogP contribution is -2.55. The number of nitrogens with zero attached hydrogens (tertiary/aromatic N) is 1. The minimum absolute atomic E-state index is 0.895. The molecule has 0 aliphatic heterocycles. The van der Waals surface area contributed by atoms with Gasteiger partial charge in [-0.2, -0.15) is 0 Å². The van der Waals surface area contributed by atoms with Gasteiger partial charge in [-0.1, -0.05) is 13.5 Å². The Balaban J connectivity index is 4.69. The molecule has 0 aliphatic rings. The molecule has 0 saturated carbocycles. The zero-order valence-corrected chi connectivity index (χ0v) is 9.68. The SMILES string of the molecule is C=C(CC)[Si](OC)(OC)N(C)C. The molecule has 0 saturated heterocycles. The summed E-state index contributed by atoms with van der Waals surface area (Å²) in [6, 6.07) is 0. The summed E-state index contributed by atoms with van der Waals surface area (Å²) >= 11 is 0. The van der Waals surface area contributed by atoms with Gasteiger partial charge in [0, 0.05) is 14.2 Å². The van der Waals surface area contributed by atoms with Crippen molar-refractivity contribution in [2.75, 3.05) is 28.3 Å². The van der Waals surface area contributed by atoms with Crippen LogP contribution < -0.4 is 0 Å². The maximum atomic E-state index is 5.44. The van der Waals surface area contributed by atoms with E-state index in [0.717, 1.165) is 11.6 Å². The first-order valence-corrected chi connectivity index (χ1v) is 5.77. The number of rotatable bonds is 5. The van der Waals surface area contributed by atoms with E-state index in [1.807, 2.05) is 18.7 Å². The molecule has 72 valence electrons. The molecule has 0 N–H and O–H groups in total. The molecule has 0 spiro atoms. The molecule has 0 aromatic heterocycles. The third-order valence-corrected chi connectivity index (χ3v) is 5.55. The predicted octanol–water partition coefficient (Wildman–Crippen LogP) is 1.29. The molecular weight excluding hydrogens is 170 g/mol. The van der Waals surface area contributed by atoms with Gasteiger partial charge in [-0.25, -0.2) is 0 Å². The van der Waals surface area contributed by atoms with Gasteiger partial charge in [0.1, 0.15) is 0 Å². The first kappa shape index (κ1) is 11.8. The van der Waals surface area contributed by atoms with Crippen molar-refractivity contribution < 1.29 is 8.85 Å². The highest BCUT2D eigenvalue weighted by Crippen LogP contribution is 2.19. The lowest BCUT2D eigenvalue weighted by molar-refractivity contribution is 0.197. The molecule has 0 unspecified atom stereocenters. The van der Waals surface area contributed by atoms with Gasteiger partial charge in [0.25, 0.3) is 0 Å². The van der Waals surface area contributed by atoms with Gasteiger partial charge >= 0.3 is 8.72 Å². The fraction of sp³-hybridized carbons (Fsp3) is 0.750. The summed E-state index contributed by atoms with van der Waals surface area (Å²) in [4.78, 5) is 0. The third-order valence-electron chi connectivity index (χ3n) is 2.02. The first-order chi connectivity index (χ1) is 5.55. The van der Waals surface area contributed by atoms with Crippen LogP contribution in [0.2, 0.25) is 0 Å². The fourth-order valence-electron chi connectivity index (χ4n) is 1.28. The van der Waals surface area contributed by atoms with Gasteiger partial charge in [0.15, 0.2) is 0 Å². The summed E-state index contributed by atoms with van der Waals surface area (Å²) in [6.45, 7) is 6.04. The van der Waals surface area contributed by atoms with E-state index in [-0.39, 0.29) is 0 Å². The lowest BCUT2D eigenvalue weighted by Gasteiger charge is -2.33. The van der Waals surface area contributed by atoms with E-state index in [9.17, 15) is 0 Å². The summed E-state index contributed by atoms with van der Waals surface area (Å²) in [7, 11) is 4.99. The van der Waals surface area contributed by atoms with E-state index in [1.54, 1.807) is 14.2 Å². The highest BCUT2D eigenvalue weighted by molar-refractivity contribution is 6.71. The second-order valence-corrected chi connectivity index (χ2v) is 6.42. The van der Waals surface area contributed by atoms with Gasteiger partial charge < -0.3 is 8.85 Å². The topological polar surface area (TPSA) is 21.7 Å². The summed E-state index contributed by atoms with van der Waals surface area (Å²) in [5, 5.41) is 1.05. The van der Waals surface area contributed by atoms with Gasteiger partial charge in [-0.3, -0.25) is 4.57 Å². The van der Waals surface area contributed by atoms with Crippen LogP contribution in [0.3, 0.4) is 0 Å². The molecule has 0 heterocycles. The van der Waals surface area contributed by atoms with Crippen LogP contribution in [-0.4, -0.2) is 41.6 Å². The predicted molar refractivity (Wildman–Crippen MR) is 52.9 cm³/mol. The molecular formula is C8H19NO2Si. The second kappa shape index (κ2) is 4.76. The normalized spacial score (nSPS) is 12.2. The Kier molecular flexibility index (Phi) is 4.70. The standard InChI is InChI=1S/C8H19NO2Si/c1-7-8(2)12(10-5,11-6)9(3)4/h2,7H2,1,3-6H3. The molecule has 0 rings (SSSR count). The molecule has 0 aromatic carbocycles. The van der Waals surface area contributed by atoms with Crippen molar-refractivity contribution in [3.05, 3.63) is 11.8 Å². The van der Waals surface area contributed by atoms with E-state index in [0.29, 0.717) is 0 Å². The molecule has 0 fully saturated rings. The highest BCUT2D eigenvalue weighted by atomic mass is 28.4. The van der Waals surface area contributed by atoms with E-state index in [4.69, 9.17) is 8.85 Å². The average Bonchev–Trinajstić information content (AvgIpc) is 2.06. The molecule has 0 aromatic rings. The monoisotopic (exact) mass is 189 g/mol. The van der Waals surface area contributed by atoms with E-state index < -0.39 is 8.72 Å². The molecule has 0 aliphatic carbocycles. The van der Waals surface area contributed by atoms with Crippen LogP contribution in [-0.2, 0) is 8.85 Å². The lowest BCUT2D eigenvalue weighted by atomic mass is 10.5.